The van der Waals surface area contributed by atoms with Crippen LogP contribution in [-0.4, -0.2) is 162 Å². The Morgan fingerprint density at radius 1 is 0.437 bits per heavy atom. The van der Waals surface area contributed by atoms with Crippen molar-refractivity contribution in [1.29, 1.82) is 0 Å². The van der Waals surface area contributed by atoms with E-state index >= 15 is 0 Å². The number of aliphatic hydroxyl groups excluding tert-OH is 3. The number of hydrogen-bond donors (Lipinski definition) is 8. The number of rotatable bonds is 19. The van der Waals surface area contributed by atoms with Crippen molar-refractivity contribution in [1.82, 2.24) is 35.3 Å². The van der Waals surface area contributed by atoms with Gasteiger partial charge >= 0.3 is 23.9 Å². The highest BCUT2D eigenvalue weighted by molar-refractivity contribution is 6.16. The van der Waals surface area contributed by atoms with Crippen LogP contribution in [0.5, 0.6) is 0 Å². The number of aryl methyl sites for hydroxylation is 5. The van der Waals surface area contributed by atoms with Crippen molar-refractivity contribution < 1.29 is 72.6 Å². The molecule has 103 heavy (non-hydrogen) atoms. The Hall–Kier alpha value is -9.46. The molecular formula is C78H98N10O15. The molecule has 8 heterocycles. The van der Waals surface area contributed by atoms with Crippen molar-refractivity contribution in [2.75, 3.05) is 60.9 Å². The molecule has 0 radical (unpaired) electrons. The van der Waals surface area contributed by atoms with Gasteiger partial charge in [0.25, 0.3) is 0 Å². The molecule has 0 saturated heterocycles. The van der Waals surface area contributed by atoms with Gasteiger partial charge in [-0.05, 0) is 228 Å². The number of anilines is 3. The predicted octanol–water partition coefficient (Wildman–Crippen LogP) is 10.7. The molecule has 5 aromatic heterocycles. The van der Waals surface area contributed by atoms with E-state index in [0.29, 0.717) is 41.8 Å². The van der Waals surface area contributed by atoms with E-state index in [1.54, 1.807) is 44.4 Å². The lowest BCUT2D eigenvalue weighted by Crippen LogP contribution is -2.46. The molecule has 0 atom stereocenters. The number of aromatic nitrogens is 7. The summed E-state index contributed by atoms with van der Waals surface area (Å²) in [7, 11) is 0. The van der Waals surface area contributed by atoms with Crippen molar-refractivity contribution >= 4 is 97.2 Å². The molecule has 6 aliphatic rings. The molecule has 3 amide bonds. The second-order valence-corrected chi connectivity index (χ2v) is 28.3. The van der Waals surface area contributed by atoms with Crippen LogP contribution in [0.1, 0.15) is 202 Å². The molecule has 25 heteroatoms. The number of carbonyl (C=O) groups is 8. The van der Waals surface area contributed by atoms with Gasteiger partial charge < -0.3 is 63.9 Å². The quantitative estimate of drug-likeness (QED) is 0.0212. The summed E-state index contributed by atoms with van der Waals surface area (Å²) >= 11 is 0. The fourth-order valence-electron chi connectivity index (χ4n) is 16.6. The summed E-state index contributed by atoms with van der Waals surface area (Å²) < 4.78 is 20.9. The number of esters is 4. The summed E-state index contributed by atoms with van der Waals surface area (Å²) in [6, 6.07) is 11.6. The van der Waals surface area contributed by atoms with Gasteiger partial charge in [-0.3, -0.25) is 48.6 Å². The highest BCUT2D eigenvalue weighted by Gasteiger charge is 2.57. The summed E-state index contributed by atoms with van der Waals surface area (Å²) in [6.45, 7) is 21.0. The Balaban J connectivity index is 0.000000152. The first-order chi connectivity index (χ1) is 49.5. The molecule has 0 fully saturated rings. The van der Waals surface area contributed by atoms with Crippen LogP contribution < -0.4 is 14.7 Å². The lowest BCUT2D eigenvalue weighted by atomic mass is 9.75. The number of ketones is 1. The maximum Gasteiger partial charge on any atom is 0.307 e. The highest BCUT2D eigenvalue weighted by atomic mass is 16.5. The number of ether oxygens (including phenoxy) is 4. The van der Waals surface area contributed by atoms with Gasteiger partial charge in [-0.2, -0.15) is 10.2 Å². The van der Waals surface area contributed by atoms with E-state index < -0.39 is 40.1 Å². The SMILES string of the molecule is CC(C)N1C(=O)C(CCO)(CCO)c2cc3[nH]c4c(c3cc21)CCCc1cn[nH]c1-4.CCO.CCOC(=O)CC1(CC(=O)OCC)C(=O)N(C(C)C)c2cc3c4c([nH]c3cc21)-c1[nH]ncc1CCC4.CCOC(=O)CC1(CC(=O)OCC)C(=O)N(C(C)C)c2cc3c4c([nH]c3cc21)C(=O)CCCC4. The summed E-state index contributed by atoms with van der Waals surface area (Å²) in [5.74, 6) is -2.65. The van der Waals surface area contributed by atoms with E-state index in [1.807, 2.05) is 83.1 Å². The Kier molecular flexibility index (Phi) is 22.4. The van der Waals surface area contributed by atoms with Gasteiger partial charge in [0.15, 0.2) is 5.78 Å². The Labute approximate surface area is 598 Å². The van der Waals surface area contributed by atoms with Gasteiger partial charge in [-0.25, -0.2) is 0 Å². The van der Waals surface area contributed by atoms with E-state index in [4.69, 9.17) is 24.1 Å². The van der Waals surface area contributed by atoms with Crippen LogP contribution in [0.15, 0.2) is 48.8 Å². The molecule has 14 rings (SSSR count). The Bertz CT molecular complexity index is 4510. The minimum absolute atomic E-state index is 0.00952. The molecule has 25 nitrogen and oxygen atoms in total. The number of nitrogens with one attached hydrogen (secondary N) is 5. The van der Waals surface area contributed by atoms with E-state index in [2.05, 4.69) is 47.5 Å². The van der Waals surface area contributed by atoms with Crippen LogP contribution in [0.2, 0.25) is 0 Å². The average molecular weight is 1420 g/mol. The summed E-state index contributed by atoms with van der Waals surface area (Å²) in [4.78, 5) is 121. The molecule has 0 bridgehead atoms. The molecule has 3 aromatic carbocycles. The van der Waals surface area contributed by atoms with Gasteiger partial charge in [-0.1, -0.05) is 0 Å². The molecule has 0 unspecified atom stereocenters. The largest absolute Gasteiger partial charge is 0.466 e. The van der Waals surface area contributed by atoms with Gasteiger partial charge in [0.1, 0.15) is 0 Å². The van der Waals surface area contributed by atoms with E-state index in [1.165, 1.54) is 22.3 Å². The van der Waals surface area contributed by atoms with Crippen LogP contribution in [0.25, 0.3) is 55.5 Å². The summed E-state index contributed by atoms with van der Waals surface area (Å²) in [6.07, 6.45) is 12.3. The van der Waals surface area contributed by atoms with Crippen molar-refractivity contribution in [2.45, 2.75) is 213 Å². The standard InChI is InChI=1S/C27H32N4O5.C26H32N2O6.C23H28N4O3.C2H6O/c1-5-35-22(32)12-27(13-23(33)36-6-2)19-11-20-18(10-21(19)31(15(3)4)26(27)34)17-9-7-8-16-14-28-30-24(16)25(17)29-20;1-5-33-22(30)13-26(14-23(31)34-6-2)18-12-19-17(11-20(18)28(15(3)4)25(26)32)16-9-7-8-10-21(29)24(16)27-19;1-13(2)27-19-10-16-15-5-3-4-14-12-24-26-20(14)21(15)25-18(16)11-17(19)23(6-8-28,7-9-29)22(27)30;1-2-3/h10-11,14-15,29H,5-9,12-13H2,1-4H3,(H,28,30);11-12,15,27H,5-10,13-14H2,1-4H3;10-13,25,28-29H,3-9H2,1-2H3,(H,24,26);3H,2H2,1H3. The second-order valence-electron chi connectivity index (χ2n) is 28.3. The van der Waals surface area contributed by atoms with Crippen molar-refractivity contribution in [3.63, 3.8) is 0 Å². The van der Waals surface area contributed by atoms with Gasteiger partial charge in [-0.15, -0.1) is 0 Å². The van der Waals surface area contributed by atoms with Gasteiger partial charge in [0.05, 0.1) is 109 Å². The number of aromatic amines is 5. The normalized spacial score (nSPS) is 16.5. The molecule has 0 spiro atoms. The summed E-state index contributed by atoms with van der Waals surface area (Å²) in [5, 5.41) is 45.0. The first-order valence-electron chi connectivity index (χ1n) is 36.6. The van der Waals surface area contributed by atoms with Gasteiger partial charge in [0, 0.05) is 94.1 Å². The number of Topliss-reactive ketones (excluding diaryl/α,β-unsaturated/α-hetero) is 1. The smallest absolute Gasteiger partial charge is 0.307 e. The maximum atomic E-state index is 14.1. The Morgan fingerprint density at radius 2 is 0.748 bits per heavy atom. The van der Waals surface area contributed by atoms with E-state index in [9.17, 15) is 48.6 Å². The van der Waals surface area contributed by atoms with Crippen LogP contribution in [0.3, 0.4) is 0 Å². The van der Waals surface area contributed by atoms with Crippen LogP contribution in [-0.2, 0) is 101 Å². The molecular weight excluding hydrogens is 1320 g/mol. The minimum Gasteiger partial charge on any atom is -0.466 e. The lowest BCUT2D eigenvalue weighted by molar-refractivity contribution is -0.152. The second kappa shape index (κ2) is 30.9. The average Bonchev–Trinajstić information content (AvgIpc) is 1.57. The number of hydrogen-bond acceptors (Lipinski definition) is 17. The van der Waals surface area contributed by atoms with E-state index in [-0.39, 0.29) is 114 Å². The summed E-state index contributed by atoms with van der Waals surface area (Å²) in [5.41, 5.74) is 13.8. The zero-order valence-corrected chi connectivity index (χ0v) is 61.1. The van der Waals surface area contributed by atoms with Crippen molar-refractivity contribution in [3.8, 4) is 22.8 Å². The number of benzene rings is 3. The number of aliphatic hydroxyl groups is 3. The maximum absolute atomic E-state index is 14.1. The molecule has 550 valence electrons. The lowest BCUT2D eigenvalue weighted by Gasteiger charge is -2.29. The number of fused-ring (bicyclic) bond motifs is 16. The molecule has 3 aliphatic carbocycles. The van der Waals surface area contributed by atoms with Crippen LogP contribution >= 0.6 is 0 Å². The minimum atomic E-state index is -1.43. The van der Waals surface area contributed by atoms with Crippen LogP contribution in [0, 0.1) is 0 Å². The number of amides is 3. The topological polar surface area (TPSA) is 349 Å². The first kappa shape index (κ1) is 74.7. The zero-order valence-electron chi connectivity index (χ0n) is 61.1. The fourth-order valence-corrected chi connectivity index (χ4v) is 16.6. The predicted molar refractivity (Wildman–Crippen MR) is 390 cm³/mol. The first-order valence-corrected chi connectivity index (χ1v) is 36.6. The number of H-pyrrole nitrogens is 5. The van der Waals surface area contributed by atoms with Crippen molar-refractivity contribution in [3.05, 3.63) is 99.0 Å². The molecule has 8 aromatic rings. The Morgan fingerprint density at radius 3 is 1.09 bits per heavy atom. The molecule has 0 saturated carbocycles. The molecule has 3 aliphatic heterocycles. The molecule has 8 N–H and O–H groups in total. The monoisotopic (exact) mass is 1410 g/mol. The number of nitrogens with zero attached hydrogens (tertiary/aromatic N) is 5. The third-order valence-electron chi connectivity index (χ3n) is 21.0. The van der Waals surface area contributed by atoms with Gasteiger partial charge in [0.2, 0.25) is 17.7 Å². The third-order valence-corrected chi connectivity index (χ3v) is 21.0. The van der Waals surface area contributed by atoms with Crippen LogP contribution in [0.4, 0.5) is 17.1 Å². The third kappa shape index (κ3) is 13.4. The van der Waals surface area contributed by atoms with Crippen molar-refractivity contribution in [2.24, 2.45) is 0 Å². The fraction of sp³-hybridized carbons (Fsp3) is 0.513. The highest BCUT2D eigenvalue weighted by Crippen LogP contribution is 2.54. The van der Waals surface area contributed by atoms with E-state index in [0.717, 1.165) is 136 Å². The zero-order chi connectivity index (χ0) is 74.0. The number of carbonyl (C=O) groups excluding carboxylic acids is 8.